The van der Waals surface area contributed by atoms with E-state index in [1.54, 1.807) is 30.5 Å². The van der Waals surface area contributed by atoms with Crippen molar-refractivity contribution >= 4 is 16.7 Å². The van der Waals surface area contributed by atoms with E-state index < -0.39 is 11.9 Å². The number of ether oxygens (including phenoxy) is 1. The summed E-state index contributed by atoms with van der Waals surface area (Å²) in [6.45, 7) is 3.96. The van der Waals surface area contributed by atoms with E-state index in [-0.39, 0.29) is 5.78 Å². The molecule has 3 aromatic carbocycles. The van der Waals surface area contributed by atoms with Gasteiger partial charge in [-0.15, -0.1) is 0 Å². The van der Waals surface area contributed by atoms with Crippen molar-refractivity contribution < 1.29 is 19.7 Å². The largest absolute Gasteiger partial charge is 0.464 e. The van der Waals surface area contributed by atoms with Gasteiger partial charge in [0.25, 0.3) is 0 Å². The summed E-state index contributed by atoms with van der Waals surface area (Å²) in [5, 5.41) is 23.0. The van der Waals surface area contributed by atoms with Gasteiger partial charge in [0.2, 0.25) is 0 Å². The second-order valence-electron chi connectivity index (χ2n) is 9.85. The normalized spacial score (nSPS) is 16.4. The molecule has 6 heteroatoms. The number of ketones is 1. The summed E-state index contributed by atoms with van der Waals surface area (Å²) >= 11 is 0. The molecule has 1 saturated heterocycles. The number of carbonyl (C=O) groups excluding carboxylic acids is 1. The first kappa shape index (κ1) is 25.1. The molecule has 1 fully saturated rings. The fourth-order valence-corrected chi connectivity index (χ4v) is 4.93. The summed E-state index contributed by atoms with van der Waals surface area (Å²) in [6, 6.07) is 24.4. The Balaban J connectivity index is 1.18. The van der Waals surface area contributed by atoms with Crippen LogP contribution in [0.1, 0.15) is 46.3 Å². The quantitative estimate of drug-likeness (QED) is 0.268. The summed E-state index contributed by atoms with van der Waals surface area (Å²) in [6.07, 6.45) is 2.32. The van der Waals surface area contributed by atoms with Crippen molar-refractivity contribution in [2.24, 2.45) is 0 Å². The molecule has 1 atom stereocenters. The smallest absolute Gasteiger partial charge is 0.198 e. The molecule has 5 rings (SSSR count). The summed E-state index contributed by atoms with van der Waals surface area (Å²) in [5.41, 5.74) is 2.83. The van der Waals surface area contributed by atoms with Crippen LogP contribution in [0.3, 0.4) is 0 Å². The van der Waals surface area contributed by atoms with Crippen molar-refractivity contribution in [1.82, 2.24) is 9.88 Å². The lowest BCUT2D eigenvalue weighted by Crippen LogP contribution is -2.43. The number of likely N-dealkylation sites (tertiary alicyclic amines) is 1. The van der Waals surface area contributed by atoms with Crippen molar-refractivity contribution in [3.05, 3.63) is 107 Å². The first-order chi connectivity index (χ1) is 17.9. The molecule has 0 bridgehead atoms. The summed E-state index contributed by atoms with van der Waals surface area (Å²) in [5.74, 6) is 0.244. The highest BCUT2D eigenvalue weighted by molar-refractivity contribution is 6.10. The van der Waals surface area contributed by atoms with Gasteiger partial charge in [0, 0.05) is 48.8 Å². The molecule has 0 saturated carbocycles. The number of pyridine rings is 1. The molecule has 0 amide bonds. The number of rotatable bonds is 8. The number of aliphatic hydroxyl groups is 2. The lowest BCUT2D eigenvalue weighted by molar-refractivity contribution is -0.0478. The summed E-state index contributed by atoms with van der Waals surface area (Å²) < 4.78 is 5.84. The van der Waals surface area contributed by atoms with E-state index in [9.17, 15) is 15.0 Å². The molecule has 0 radical (unpaired) electrons. The topological polar surface area (TPSA) is 82.9 Å². The van der Waals surface area contributed by atoms with E-state index in [1.165, 1.54) is 0 Å². The van der Waals surface area contributed by atoms with Crippen molar-refractivity contribution in [1.29, 1.82) is 0 Å². The summed E-state index contributed by atoms with van der Waals surface area (Å²) in [7, 11) is 0. The molecule has 1 unspecified atom stereocenters. The van der Waals surface area contributed by atoms with E-state index in [0.717, 1.165) is 22.0 Å². The van der Waals surface area contributed by atoms with Gasteiger partial charge in [-0.3, -0.25) is 9.78 Å². The molecule has 190 valence electrons. The average molecular weight is 497 g/mol. The molecule has 6 nitrogen and oxygen atoms in total. The fourth-order valence-electron chi connectivity index (χ4n) is 4.93. The molecule has 1 aliphatic rings. The van der Waals surface area contributed by atoms with Crippen LogP contribution in [0.25, 0.3) is 10.9 Å². The minimum atomic E-state index is -1.05. The molecular weight excluding hydrogens is 464 g/mol. The predicted molar refractivity (Wildman–Crippen MR) is 144 cm³/mol. The number of hydrogen-bond acceptors (Lipinski definition) is 6. The molecule has 2 heterocycles. The first-order valence-corrected chi connectivity index (χ1v) is 12.8. The Morgan fingerprint density at radius 3 is 2.54 bits per heavy atom. The third kappa shape index (κ3) is 5.72. The van der Waals surface area contributed by atoms with E-state index in [2.05, 4.69) is 9.88 Å². The standard InChI is InChI=1S/C31H32N2O4/c1-22-11-12-28(26(19-22)30(35)23-7-3-2-4-8-23)37-29(34)13-16-33-17-14-31(36,15-18-33)25-20-24-9-5-6-10-27(24)32-21-25/h2-12,19-21,29,34,36H,13-18H2,1H3. The average Bonchev–Trinajstić information content (AvgIpc) is 2.93. The van der Waals surface area contributed by atoms with Gasteiger partial charge in [-0.2, -0.15) is 0 Å². The van der Waals surface area contributed by atoms with Gasteiger partial charge in [0.05, 0.1) is 16.7 Å². The monoisotopic (exact) mass is 496 g/mol. The fraction of sp³-hybridized carbons (Fsp3) is 0.290. The number of hydrogen-bond donors (Lipinski definition) is 2. The molecule has 1 aromatic heterocycles. The lowest BCUT2D eigenvalue weighted by Gasteiger charge is -2.38. The number of fused-ring (bicyclic) bond motifs is 1. The SMILES string of the molecule is Cc1ccc(OC(O)CCN2CCC(O)(c3cnc4ccccc4c3)CC2)c(C(=O)c2ccccc2)c1. The third-order valence-corrected chi connectivity index (χ3v) is 7.18. The van der Waals surface area contributed by atoms with Crippen LogP contribution in [0.5, 0.6) is 5.75 Å². The van der Waals surface area contributed by atoms with E-state index >= 15 is 0 Å². The van der Waals surface area contributed by atoms with E-state index in [4.69, 9.17) is 4.74 Å². The lowest BCUT2D eigenvalue weighted by atomic mass is 9.85. The van der Waals surface area contributed by atoms with Gasteiger partial charge < -0.3 is 19.8 Å². The Bertz CT molecular complexity index is 1380. The van der Waals surface area contributed by atoms with E-state index in [0.29, 0.717) is 55.8 Å². The second-order valence-corrected chi connectivity index (χ2v) is 9.85. The zero-order chi connectivity index (χ0) is 25.8. The third-order valence-electron chi connectivity index (χ3n) is 7.18. The number of aryl methyl sites for hydroxylation is 1. The van der Waals surface area contributed by atoms with Gasteiger partial charge in [0.15, 0.2) is 12.1 Å². The Labute approximate surface area is 217 Å². The molecule has 1 aliphatic heterocycles. The second kappa shape index (κ2) is 10.8. The molecule has 37 heavy (non-hydrogen) atoms. The van der Waals surface area contributed by atoms with E-state index in [1.807, 2.05) is 61.5 Å². The highest BCUT2D eigenvalue weighted by Crippen LogP contribution is 2.34. The number of piperidine rings is 1. The molecule has 0 spiro atoms. The van der Waals surface area contributed by atoms with Gasteiger partial charge in [0.1, 0.15) is 5.75 Å². The van der Waals surface area contributed by atoms with Gasteiger partial charge in [-0.25, -0.2) is 0 Å². The number of benzene rings is 3. The van der Waals surface area contributed by atoms with Crippen LogP contribution in [0, 0.1) is 6.92 Å². The predicted octanol–water partition coefficient (Wildman–Crippen LogP) is 4.85. The maximum Gasteiger partial charge on any atom is 0.198 e. The van der Waals surface area contributed by atoms with Crippen LogP contribution in [0.2, 0.25) is 0 Å². The Hall–Kier alpha value is -3.58. The van der Waals surface area contributed by atoms with Crippen LogP contribution >= 0.6 is 0 Å². The highest BCUT2D eigenvalue weighted by atomic mass is 16.6. The molecule has 2 N–H and O–H groups in total. The first-order valence-electron chi connectivity index (χ1n) is 12.8. The van der Waals surface area contributed by atoms with Crippen LogP contribution in [-0.4, -0.2) is 51.8 Å². The number of aromatic nitrogens is 1. The minimum Gasteiger partial charge on any atom is -0.464 e. The van der Waals surface area contributed by atoms with Gasteiger partial charge >= 0.3 is 0 Å². The molecule has 4 aromatic rings. The van der Waals surface area contributed by atoms with Crippen molar-refractivity contribution in [3.63, 3.8) is 0 Å². The van der Waals surface area contributed by atoms with Gasteiger partial charge in [-0.05, 0) is 44.0 Å². The van der Waals surface area contributed by atoms with Crippen LogP contribution < -0.4 is 4.74 Å². The highest BCUT2D eigenvalue weighted by Gasteiger charge is 2.34. The number of para-hydroxylation sites is 1. The van der Waals surface area contributed by atoms with Crippen molar-refractivity contribution in [2.75, 3.05) is 19.6 Å². The maximum absolute atomic E-state index is 13.1. The number of nitrogens with zero attached hydrogens (tertiary/aromatic N) is 2. The number of aliphatic hydroxyl groups excluding tert-OH is 1. The summed E-state index contributed by atoms with van der Waals surface area (Å²) in [4.78, 5) is 19.8. The number of carbonyl (C=O) groups is 1. The molecule has 0 aliphatic carbocycles. The Morgan fingerprint density at radius 2 is 1.76 bits per heavy atom. The van der Waals surface area contributed by atoms with Crippen LogP contribution in [-0.2, 0) is 5.60 Å². The maximum atomic E-state index is 13.1. The van der Waals surface area contributed by atoms with Crippen LogP contribution in [0.4, 0.5) is 0 Å². The molecular formula is C31H32N2O4. The van der Waals surface area contributed by atoms with Crippen molar-refractivity contribution in [3.8, 4) is 5.75 Å². The Morgan fingerprint density at radius 1 is 1.03 bits per heavy atom. The Kier molecular flexibility index (Phi) is 7.33. The van der Waals surface area contributed by atoms with Crippen LogP contribution in [0.15, 0.2) is 85.1 Å². The zero-order valence-corrected chi connectivity index (χ0v) is 21.0. The minimum absolute atomic E-state index is 0.134. The van der Waals surface area contributed by atoms with Crippen molar-refractivity contribution in [2.45, 2.75) is 38.1 Å². The van der Waals surface area contributed by atoms with Gasteiger partial charge in [-0.1, -0.05) is 60.2 Å². The zero-order valence-electron chi connectivity index (χ0n) is 21.0.